The van der Waals surface area contributed by atoms with Crippen LogP contribution in [0.5, 0.6) is 0 Å². The van der Waals surface area contributed by atoms with Gasteiger partial charge in [0.2, 0.25) is 29.0 Å². The third-order valence-corrected chi connectivity index (χ3v) is 7.36. The van der Waals surface area contributed by atoms with Crippen molar-refractivity contribution in [3.8, 4) is 0 Å². The Morgan fingerprint density at radius 3 is 2.03 bits per heavy atom. The Hall–Kier alpha value is -4.11. The second-order valence-electron chi connectivity index (χ2n) is 9.45. The minimum Gasteiger partial charge on any atom is -0.349 e. The van der Waals surface area contributed by atoms with Crippen molar-refractivity contribution in [2.24, 2.45) is 11.8 Å². The molecule has 186 valence electrons. The zero-order valence-electron chi connectivity index (χ0n) is 19.3. The first-order valence-electron chi connectivity index (χ1n) is 11.5. The Morgan fingerprint density at radius 2 is 1.43 bits per heavy atom. The fourth-order valence-corrected chi connectivity index (χ4v) is 5.65. The van der Waals surface area contributed by atoms with Gasteiger partial charge < -0.3 is 4.74 Å². The largest absolute Gasteiger partial charge is 0.416 e. The van der Waals surface area contributed by atoms with Gasteiger partial charge in [-0.1, -0.05) is 60.2 Å². The topological polar surface area (TPSA) is 80.8 Å². The fourth-order valence-electron chi connectivity index (χ4n) is 5.65. The number of anilines is 1. The molecule has 0 radical (unpaired) electrons. The van der Waals surface area contributed by atoms with Crippen molar-refractivity contribution in [2.75, 3.05) is 4.90 Å². The molecule has 9 heteroatoms. The highest BCUT2D eigenvalue weighted by Crippen LogP contribution is 2.57. The lowest BCUT2D eigenvalue weighted by Gasteiger charge is -2.27. The summed E-state index contributed by atoms with van der Waals surface area (Å²) >= 11 is 0. The van der Waals surface area contributed by atoms with Gasteiger partial charge in [0.15, 0.2) is 0 Å². The maximum atomic E-state index is 13.8. The van der Waals surface area contributed by atoms with Crippen LogP contribution in [0.1, 0.15) is 43.5 Å². The summed E-state index contributed by atoms with van der Waals surface area (Å²) in [5, 5.41) is 0. The normalized spacial score (nSPS) is 24.2. The van der Waals surface area contributed by atoms with Crippen LogP contribution in [0.4, 0.5) is 18.9 Å². The minimum absolute atomic E-state index is 0.0774. The summed E-state index contributed by atoms with van der Waals surface area (Å²) in [5.41, 5.74) is -2.07. The quantitative estimate of drug-likeness (QED) is 0.372. The Labute approximate surface area is 208 Å². The van der Waals surface area contributed by atoms with Gasteiger partial charge in [-0.25, -0.2) is 4.90 Å². The zero-order chi connectivity index (χ0) is 26.3. The van der Waals surface area contributed by atoms with Gasteiger partial charge in [-0.15, -0.1) is 0 Å². The number of nitrogens with zero attached hydrogens (tertiary/aromatic N) is 1. The molecule has 37 heavy (non-hydrogen) atoms. The van der Waals surface area contributed by atoms with Crippen molar-refractivity contribution >= 4 is 29.1 Å². The summed E-state index contributed by atoms with van der Waals surface area (Å²) in [5.74, 6) is -6.05. The highest BCUT2D eigenvalue weighted by molar-refractivity contribution is 6.37. The van der Waals surface area contributed by atoms with E-state index in [4.69, 9.17) is 4.74 Å². The number of hydrogen-bond donors (Lipinski definition) is 0. The Morgan fingerprint density at radius 1 is 0.811 bits per heavy atom. The first-order chi connectivity index (χ1) is 17.6. The number of ether oxygens (including phenoxy) is 1. The maximum Gasteiger partial charge on any atom is 0.416 e. The molecule has 0 bridgehead atoms. The lowest BCUT2D eigenvalue weighted by atomic mass is 9.77. The Bertz CT molecular complexity index is 1480. The van der Waals surface area contributed by atoms with Crippen LogP contribution in [0.2, 0.25) is 0 Å². The Balaban J connectivity index is 1.53. The van der Waals surface area contributed by atoms with Gasteiger partial charge in [0.1, 0.15) is 0 Å². The van der Waals surface area contributed by atoms with E-state index in [0.717, 1.165) is 17.7 Å². The van der Waals surface area contributed by atoms with Crippen molar-refractivity contribution in [1.82, 2.24) is 0 Å². The van der Waals surface area contributed by atoms with Crippen LogP contribution in [-0.2, 0) is 20.5 Å². The van der Waals surface area contributed by atoms with Crippen LogP contribution >= 0.6 is 0 Å². The van der Waals surface area contributed by atoms with Gasteiger partial charge in [0.25, 0.3) is 0 Å². The van der Waals surface area contributed by atoms with Crippen molar-refractivity contribution in [3.63, 3.8) is 0 Å². The zero-order valence-corrected chi connectivity index (χ0v) is 19.3. The van der Waals surface area contributed by atoms with E-state index in [1.165, 1.54) is 18.2 Å². The van der Waals surface area contributed by atoms with E-state index in [-0.39, 0.29) is 16.8 Å². The van der Waals surface area contributed by atoms with Crippen LogP contribution in [-0.4, -0.2) is 29.0 Å². The molecule has 6 rings (SSSR count). The maximum absolute atomic E-state index is 13.8. The number of halogens is 3. The molecule has 2 fully saturated rings. The molecule has 0 aromatic heterocycles. The monoisotopic (exact) mass is 505 g/mol. The van der Waals surface area contributed by atoms with E-state index in [2.05, 4.69) is 0 Å². The molecule has 6 nitrogen and oxygen atoms in total. The number of Topliss-reactive ketones (excluding diaryl/α,β-unsaturated/α-hetero) is 2. The summed E-state index contributed by atoms with van der Waals surface area (Å²) in [6, 6.07) is 16.8. The van der Waals surface area contributed by atoms with Crippen LogP contribution in [0.3, 0.4) is 0 Å². The van der Waals surface area contributed by atoms with Gasteiger partial charge >= 0.3 is 6.18 Å². The van der Waals surface area contributed by atoms with Crippen LogP contribution in [0, 0.1) is 18.8 Å². The number of hydrogen-bond acceptors (Lipinski definition) is 5. The van der Waals surface area contributed by atoms with E-state index in [1.54, 1.807) is 36.4 Å². The molecule has 3 atom stereocenters. The van der Waals surface area contributed by atoms with E-state index in [0.29, 0.717) is 16.5 Å². The summed E-state index contributed by atoms with van der Waals surface area (Å²) < 4.78 is 46.3. The number of aryl methyl sites for hydroxylation is 1. The molecule has 0 N–H and O–H groups in total. The number of ketones is 2. The van der Waals surface area contributed by atoms with E-state index in [1.807, 2.05) is 6.92 Å². The predicted molar refractivity (Wildman–Crippen MR) is 124 cm³/mol. The van der Waals surface area contributed by atoms with Gasteiger partial charge in [-0.3, -0.25) is 19.2 Å². The highest BCUT2D eigenvalue weighted by Gasteiger charge is 2.74. The second-order valence-corrected chi connectivity index (χ2v) is 9.45. The number of amides is 2. The van der Waals surface area contributed by atoms with Crippen LogP contribution in [0.15, 0.2) is 72.8 Å². The standard InChI is InChI=1S/C28H18F3NO5/c1-14-9-11-15(12-10-14)22-20-21(27(37-22)23(33)18-7-2-3-8-19(18)24(27)34)26(36)32(25(20)35)17-6-4-5-16(13-17)28(29,30)31/h2-13,20-22H,1H3. The molecule has 3 aromatic carbocycles. The second kappa shape index (κ2) is 7.69. The molecule has 0 saturated carbocycles. The molecule has 2 heterocycles. The number of alkyl halides is 3. The molecule has 2 saturated heterocycles. The molecule has 1 aliphatic carbocycles. The number of benzene rings is 3. The van der Waals surface area contributed by atoms with E-state index >= 15 is 0 Å². The minimum atomic E-state index is -4.70. The lowest BCUT2D eigenvalue weighted by Crippen LogP contribution is -2.51. The number of imide groups is 1. The molecule has 2 aliphatic heterocycles. The molecule has 3 aliphatic rings. The molecular formula is C28H18F3NO5. The van der Waals surface area contributed by atoms with E-state index < -0.39 is 58.7 Å². The summed E-state index contributed by atoms with van der Waals surface area (Å²) in [7, 11) is 0. The first-order valence-corrected chi connectivity index (χ1v) is 11.5. The van der Waals surface area contributed by atoms with E-state index in [9.17, 15) is 32.3 Å². The van der Waals surface area contributed by atoms with Crippen molar-refractivity contribution in [1.29, 1.82) is 0 Å². The third-order valence-electron chi connectivity index (χ3n) is 7.36. The summed E-state index contributed by atoms with van der Waals surface area (Å²) in [6.45, 7) is 1.85. The van der Waals surface area contributed by atoms with Crippen molar-refractivity contribution in [2.45, 2.75) is 24.8 Å². The van der Waals surface area contributed by atoms with Crippen LogP contribution in [0.25, 0.3) is 0 Å². The number of rotatable bonds is 2. The average molecular weight is 505 g/mol. The van der Waals surface area contributed by atoms with Crippen molar-refractivity contribution in [3.05, 3.63) is 101 Å². The van der Waals surface area contributed by atoms with Gasteiger partial charge in [-0.05, 0) is 30.7 Å². The fraction of sp³-hybridized carbons (Fsp3) is 0.214. The molecule has 3 unspecified atom stereocenters. The SMILES string of the molecule is Cc1ccc(C2OC3(C(=O)c4ccccc4C3=O)C3C(=O)N(c4cccc(C(F)(F)F)c4)C(=O)C23)cc1. The van der Waals surface area contributed by atoms with Gasteiger partial charge in [0.05, 0.1) is 29.2 Å². The Kier molecular flexibility index (Phi) is 4.84. The number of fused-ring (bicyclic) bond motifs is 3. The molecular weight excluding hydrogens is 487 g/mol. The highest BCUT2D eigenvalue weighted by atomic mass is 19.4. The average Bonchev–Trinajstić information content (AvgIpc) is 3.44. The van der Waals surface area contributed by atoms with Crippen LogP contribution < -0.4 is 4.90 Å². The number of carbonyl (C=O) groups is 4. The molecule has 2 amide bonds. The van der Waals surface area contributed by atoms with Crippen molar-refractivity contribution < 1.29 is 37.1 Å². The third kappa shape index (κ3) is 3.10. The predicted octanol–water partition coefficient (Wildman–Crippen LogP) is 4.71. The first kappa shape index (κ1) is 23.3. The smallest absolute Gasteiger partial charge is 0.349 e. The van der Waals surface area contributed by atoms with Gasteiger partial charge in [-0.2, -0.15) is 13.2 Å². The van der Waals surface area contributed by atoms with Gasteiger partial charge in [0, 0.05) is 11.1 Å². The molecule has 1 spiro atoms. The summed E-state index contributed by atoms with van der Waals surface area (Å²) in [4.78, 5) is 55.7. The lowest BCUT2D eigenvalue weighted by molar-refractivity contribution is -0.137. The number of carbonyl (C=O) groups excluding carboxylic acids is 4. The summed E-state index contributed by atoms with van der Waals surface area (Å²) in [6.07, 6.45) is -5.84. The molecule has 3 aromatic rings.